The topological polar surface area (TPSA) is 67.8 Å². The Kier molecular flexibility index (Phi) is 5.20. The second-order valence-corrected chi connectivity index (χ2v) is 7.88. The Morgan fingerprint density at radius 3 is 2.21 bits per heavy atom. The third kappa shape index (κ3) is 5.25. The van der Waals surface area contributed by atoms with Crippen LogP contribution in [0.15, 0.2) is 12.5 Å². The number of hydrogen-bond donors (Lipinski definition) is 0. The van der Waals surface area contributed by atoms with Crippen LogP contribution < -0.4 is 9.64 Å². The zero-order valence-electron chi connectivity index (χ0n) is 15.5. The molecule has 7 nitrogen and oxygen atoms in total. The van der Waals surface area contributed by atoms with Crippen LogP contribution in [-0.4, -0.2) is 58.3 Å². The summed E-state index contributed by atoms with van der Waals surface area (Å²) >= 11 is 0. The molecular formula is C17H28N4O3. The Morgan fingerprint density at radius 1 is 1.04 bits per heavy atom. The van der Waals surface area contributed by atoms with E-state index in [0.29, 0.717) is 32.1 Å². The Hall–Kier alpha value is -2.05. The zero-order chi connectivity index (χ0) is 18.0. The van der Waals surface area contributed by atoms with Gasteiger partial charge >= 0.3 is 6.09 Å². The molecule has 1 aromatic rings. The van der Waals surface area contributed by atoms with E-state index in [4.69, 9.17) is 9.47 Å². The van der Waals surface area contributed by atoms with E-state index in [-0.39, 0.29) is 11.7 Å². The number of aromatic nitrogens is 2. The molecule has 1 fully saturated rings. The summed E-state index contributed by atoms with van der Waals surface area (Å²) in [7, 11) is 0. The number of nitrogens with zero attached hydrogens (tertiary/aromatic N) is 4. The summed E-state index contributed by atoms with van der Waals surface area (Å²) in [5.41, 5.74) is 0.0488. The number of carbonyl (C=O) groups is 1. The zero-order valence-corrected chi connectivity index (χ0v) is 15.5. The lowest BCUT2D eigenvalue weighted by atomic mass is 10.2. The van der Waals surface area contributed by atoms with E-state index in [9.17, 15) is 4.79 Å². The first-order valence-electron chi connectivity index (χ1n) is 8.27. The molecule has 1 aliphatic heterocycles. The lowest BCUT2D eigenvalue weighted by molar-refractivity contribution is 0.0240. The van der Waals surface area contributed by atoms with Gasteiger partial charge in [0.25, 0.3) is 0 Å². The fourth-order valence-electron chi connectivity index (χ4n) is 2.35. The molecule has 2 heterocycles. The Labute approximate surface area is 144 Å². The van der Waals surface area contributed by atoms with Crippen LogP contribution in [0.25, 0.3) is 0 Å². The van der Waals surface area contributed by atoms with Crippen LogP contribution in [-0.2, 0) is 4.74 Å². The largest absolute Gasteiger partial charge is 0.470 e. The molecule has 7 heteroatoms. The molecule has 0 atom stereocenters. The van der Waals surface area contributed by atoms with Gasteiger partial charge in [0.1, 0.15) is 23.2 Å². The predicted molar refractivity (Wildman–Crippen MR) is 92.4 cm³/mol. The minimum Gasteiger partial charge on any atom is -0.470 e. The van der Waals surface area contributed by atoms with Gasteiger partial charge in [0, 0.05) is 26.2 Å². The summed E-state index contributed by atoms with van der Waals surface area (Å²) in [6.07, 6.45) is 2.98. The average molecular weight is 336 g/mol. The van der Waals surface area contributed by atoms with Crippen molar-refractivity contribution < 1.29 is 14.3 Å². The highest BCUT2D eigenvalue weighted by Gasteiger charge is 2.28. The van der Waals surface area contributed by atoms with Crippen molar-refractivity contribution in [1.29, 1.82) is 0 Å². The molecule has 1 amide bonds. The molecule has 1 aromatic heterocycles. The second-order valence-electron chi connectivity index (χ2n) is 7.88. The molecule has 24 heavy (non-hydrogen) atoms. The lowest BCUT2D eigenvalue weighted by Gasteiger charge is -2.37. The van der Waals surface area contributed by atoms with Crippen LogP contribution in [0.1, 0.15) is 41.5 Å². The minimum absolute atomic E-state index is 0.266. The number of amides is 1. The Bertz CT molecular complexity index is 570. The van der Waals surface area contributed by atoms with E-state index in [1.807, 2.05) is 41.5 Å². The molecule has 1 aliphatic rings. The van der Waals surface area contributed by atoms with Gasteiger partial charge in [-0.05, 0) is 41.5 Å². The summed E-state index contributed by atoms with van der Waals surface area (Å²) in [5.74, 6) is 0.572. The van der Waals surface area contributed by atoms with Crippen molar-refractivity contribution in [1.82, 2.24) is 14.9 Å². The number of anilines is 1. The van der Waals surface area contributed by atoms with Crippen molar-refractivity contribution in [2.24, 2.45) is 0 Å². The number of piperazine rings is 1. The van der Waals surface area contributed by atoms with E-state index in [2.05, 4.69) is 14.9 Å². The van der Waals surface area contributed by atoms with Gasteiger partial charge in [-0.25, -0.2) is 9.78 Å². The quantitative estimate of drug-likeness (QED) is 0.827. The van der Waals surface area contributed by atoms with Crippen molar-refractivity contribution in [3.63, 3.8) is 0 Å². The fourth-order valence-corrected chi connectivity index (χ4v) is 2.35. The molecule has 0 aromatic carbocycles. The Morgan fingerprint density at radius 2 is 1.67 bits per heavy atom. The highest BCUT2D eigenvalue weighted by molar-refractivity contribution is 5.68. The summed E-state index contributed by atoms with van der Waals surface area (Å²) in [6.45, 7) is 14.1. The first-order chi connectivity index (χ1) is 11.1. The standard InChI is InChI=1S/C17H28N4O3/c1-16(2,3)23-14-13(11-18-12-19-14)20-7-9-21(10-8-20)15(22)24-17(4,5)6/h11-12H,7-10H2,1-6H3. The van der Waals surface area contributed by atoms with Gasteiger partial charge in [-0.2, -0.15) is 4.98 Å². The maximum atomic E-state index is 12.1. The van der Waals surface area contributed by atoms with E-state index in [0.717, 1.165) is 5.69 Å². The van der Waals surface area contributed by atoms with E-state index in [1.165, 1.54) is 6.33 Å². The van der Waals surface area contributed by atoms with Gasteiger partial charge in [-0.1, -0.05) is 0 Å². The first kappa shape index (κ1) is 18.3. The summed E-state index contributed by atoms with van der Waals surface area (Å²) in [5, 5.41) is 0. The third-order valence-electron chi connectivity index (χ3n) is 3.33. The van der Waals surface area contributed by atoms with Gasteiger partial charge in [-0.3, -0.25) is 0 Å². The highest BCUT2D eigenvalue weighted by atomic mass is 16.6. The monoisotopic (exact) mass is 336 g/mol. The number of ether oxygens (including phenoxy) is 2. The van der Waals surface area contributed by atoms with Crippen LogP contribution in [0.3, 0.4) is 0 Å². The summed E-state index contributed by atoms with van der Waals surface area (Å²) in [4.78, 5) is 24.4. The van der Waals surface area contributed by atoms with Gasteiger partial charge < -0.3 is 19.3 Å². The van der Waals surface area contributed by atoms with Gasteiger partial charge in [0.2, 0.25) is 5.88 Å². The molecular weight excluding hydrogens is 308 g/mol. The van der Waals surface area contributed by atoms with Crippen molar-refractivity contribution in [2.45, 2.75) is 52.7 Å². The molecule has 134 valence electrons. The molecule has 0 unspecified atom stereocenters. The average Bonchev–Trinajstić information content (AvgIpc) is 2.44. The van der Waals surface area contributed by atoms with Crippen molar-refractivity contribution >= 4 is 11.8 Å². The molecule has 0 radical (unpaired) electrons. The van der Waals surface area contributed by atoms with Crippen molar-refractivity contribution in [2.75, 3.05) is 31.1 Å². The molecule has 2 rings (SSSR count). The number of hydrogen-bond acceptors (Lipinski definition) is 6. The first-order valence-corrected chi connectivity index (χ1v) is 8.27. The van der Waals surface area contributed by atoms with Crippen LogP contribution in [0.4, 0.5) is 10.5 Å². The van der Waals surface area contributed by atoms with E-state index < -0.39 is 5.60 Å². The van der Waals surface area contributed by atoms with Crippen molar-refractivity contribution in [3.8, 4) is 5.88 Å². The molecule has 0 N–H and O–H groups in total. The van der Waals surface area contributed by atoms with Crippen LogP contribution in [0.2, 0.25) is 0 Å². The maximum absolute atomic E-state index is 12.1. The Balaban J connectivity index is 2.01. The predicted octanol–water partition coefficient (Wildman–Crippen LogP) is 2.71. The SMILES string of the molecule is CC(C)(C)OC(=O)N1CCN(c2cncnc2OC(C)(C)C)CC1. The second kappa shape index (κ2) is 6.83. The molecule has 0 bridgehead atoms. The molecule has 1 saturated heterocycles. The third-order valence-corrected chi connectivity index (χ3v) is 3.33. The number of rotatable bonds is 2. The van der Waals surface area contributed by atoms with E-state index in [1.54, 1.807) is 11.1 Å². The maximum Gasteiger partial charge on any atom is 0.410 e. The number of carbonyl (C=O) groups excluding carboxylic acids is 1. The summed E-state index contributed by atoms with van der Waals surface area (Å²) in [6, 6.07) is 0. The highest BCUT2D eigenvalue weighted by Crippen LogP contribution is 2.28. The summed E-state index contributed by atoms with van der Waals surface area (Å²) < 4.78 is 11.4. The molecule has 0 aliphatic carbocycles. The van der Waals surface area contributed by atoms with E-state index >= 15 is 0 Å². The fraction of sp³-hybridized carbons (Fsp3) is 0.706. The van der Waals surface area contributed by atoms with Crippen molar-refractivity contribution in [3.05, 3.63) is 12.5 Å². The smallest absolute Gasteiger partial charge is 0.410 e. The van der Waals surface area contributed by atoms with Gasteiger partial charge in [0.05, 0.1) is 6.20 Å². The molecule has 0 spiro atoms. The molecule has 0 saturated carbocycles. The van der Waals surface area contributed by atoms with Crippen LogP contribution in [0, 0.1) is 0 Å². The van der Waals surface area contributed by atoms with Crippen LogP contribution in [0.5, 0.6) is 5.88 Å². The minimum atomic E-state index is -0.477. The van der Waals surface area contributed by atoms with Crippen LogP contribution >= 0.6 is 0 Å². The lowest BCUT2D eigenvalue weighted by Crippen LogP contribution is -2.50. The van der Waals surface area contributed by atoms with Gasteiger partial charge in [-0.15, -0.1) is 0 Å². The van der Waals surface area contributed by atoms with Gasteiger partial charge in [0.15, 0.2) is 0 Å². The normalized spacial score (nSPS) is 16.1.